The zero-order chi connectivity index (χ0) is 24.8. The van der Waals surface area contributed by atoms with E-state index >= 15 is 0 Å². The summed E-state index contributed by atoms with van der Waals surface area (Å²) in [4.78, 5) is 11.9. The van der Waals surface area contributed by atoms with Crippen LogP contribution in [0.15, 0.2) is 53.4 Å². The van der Waals surface area contributed by atoms with Crippen molar-refractivity contribution < 1.29 is 39.6 Å². The van der Waals surface area contributed by atoms with Crippen molar-refractivity contribution in [1.82, 2.24) is 5.32 Å². The maximum atomic E-state index is 13.1. The molecule has 0 bridgehead atoms. The van der Waals surface area contributed by atoms with Crippen LogP contribution < -0.4 is 5.32 Å². The van der Waals surface area contributed by atoms with Crippen LogP contribution in [0.4, 0.5) is 26.3 Å². The van der Waals surface area contributed by atoms with Crippen molar-refractivity contribution in [1.29, 1.82) is 0 Å². The Morgan fingerprint density at radius 1 is 0.879 bits per heavy atom. The van der Waals surface area contributed by atoms with Crippen molar-refractivity contribution in [2.24, 2.45) is 5.92 Å². The van der Waals surface area contributed by atoms with E-state index in [-0.39, 0.29) is 18.4 Å². The van der Waals surface area contributed by atoms with Gasteiger partial charge in [-0.3, -0.25) is 4.79 Å². The number of carbonyl (C=O) groups is 1. The molecule has 180 valence electrons. The number of alkyl halides is 6. The Morgan fingerprint density at radius 2 is 1.42 bits per heavy atom. The van der Waals surface area contributed by atoms with Gasteiger partial charge in [-0.1, -0.05) is 6.07 Å². The summed E-state index contributed by atoms with van der Waals surface area (Å²) < 4.78 is 102. The highest BCUT2D eigenvalue weighted by Gasteiger charge is 2.49. The molecule has 0 spiro atoms. The zero-order valence-electron chi connectivity index (χ0n) is 17.6. The number of carbonyl (C=O) groups excluding carboxylic acids is 1. The molecule has 0 aromatic heterocycles. The van der Waals surface area contributed by atoms with Crippen LogP contribution in [-0.2, 0) is 22.2 Å². The minimum absolute atomic E-state index is 0.0299. The van der Waals surface area contributed by atoms with Gasteiger partial charge in [0.25, 0.3) is 5.91 Å². The first kappa shape index (κ1) is 25.1. The van der Waals surface area contributed by atoms with Crippen LogP contribution in [0.5, 0.6) is 0 Å². The van der Waals surface area contributed by atoms with Crippen LogP contribution in [0, 0.1) is 5.92 Å². The molecule has 3 rings (SSSR count). The summed E-state index contributed by atoms with van der Waals surface area (Å²) in [6.45, 7) is 2.86. The van der Waals surface area contributed by atoms with Crippen molar-refractivity contribution in [2.75, 3.05) is 0 Å². The molecule has 1 saturated carbocycles. The van der Waals surface area contributed by atoms with Crippen LogP contribution in [0.1, 0.15) is 48.2 Å². The predicted octanol–water partition coefficient (Wildman–Crippen LogP) is 5.49. The molecular weight excluding hydrogens is 472 g/mol. The van der Waals surface area contributed by atoms with Gasteiger partial charge in [-0.25, -0.2) is 8.42 Å². The number of hydrogen-bond donors (Lipinski definition) is 1. The van der Waals surface area contributed by atoms with E-state index in [2.05, 4.69) is 5.32 Å². The van der Waals surface area contributed by atoms with Gasteiger partial charge >= 0.3 is 12.4 Å². The second kappa shape index (κ2) is 8.34. The van der Waals surface area contributed by atoms with E-state index in [4.69, 9.17) is 0 Å². The number of sulfone groups is 1. The van der Waals surface area contributed by atoms with E-state index in [1.54, 1.807) is 0 Å². The van der Waals surface area contributed by atoms with Gasteiger partial charge in [-0.2, -0.15) is 26.3 Å². The first-order valence-electron chi connectivity index (χ1n) is 9.93. The van der Waals surface area contributed by atoms with Crippen LogP contribution in [-0.4, -0.2) is 25.1 Å². The number of nitrogens with one attached hydrogen (secondary N) is 1. The van der Waals surface area contributed by atoms with Gasteiger partial charge in [0.15, 0.2) is 9.84 Å². The van der Waals surface area contributed by atoms with Gasteiger partial charge in [0.05, 0.1) is 20.8 Å². The molecule has 33 heavy (non-hydrogen) atoms. The van der Waals surface area contributed by atoms with E-state index in [0.29, 0.717) is 6.07 Å². The lowest BCUT2D eigenvalue weighted by atomic mass is 9.73. The molecule has 1 amide bonds. The largest absolute Gasteiger partial charge is 0.416 e. The Morgan fingerprint density at radius 3 is 1.94 bits per heavy atom. The standard InChI is InChI=1S/C22H21F6NO3S/c1-20(2,33(31,32)18-5-3-4-15(12-18)22(26,27)28)16-10-17(11-16)29-19(30)13-6-8-14(9-7-13)21(23,24)25/h3-9,12,16-17H,10-11H2,1-2H3,(H,29,30). The number of amides is 1. The summed E-state index contributed by atoms with van der Waals surface area (Å²) in [6.07, 6.45) is -8.68. The molecular formula is C22H21F6NO3S. The van der Waals surface area contributed by atoms with Gasteiger partial charge in [0.1, 0.15) is 0 Å². The third-order valence-corrected chi connectivity index (χ3v) is 8.69. The number of benzene rings is 2. The van der Waals surface area contributed by atoms with Gasteiger partial charge in [-0.05, 0) is 75.1 Å². The lowest BCUT2D eigenvalue weighted by molar-refractivity contribution is -0.138. The topological polar surface area (TPSA) is 63.2 Å². The van der Waals surface area contributed by atoms with E-state index in [1.807, 2.05) is 0 Å². The highest BCUT2D eigenvalue weighted by Crippen LogP contribution is 2.44. The second-order valence-corrected chi connectivity index (χ2v) is 11.1. The lowest BCUT2D eigenvalue weighted by Gasteiger charge is -2.45. The normalized spacial score (nSPS) is 19.6. The molecule has 11 heteroatoms. The van der Waals surface area contributed by atoms with Crippen LogP contribution in [0.25, 0.3) is 0 Å². The first-order valence-corrected chi connectivity index (χ1v) is 11.4. The maximum absolute atomic E-state index is 13.1. The summed E-state index contributed by atoms with van der Waals surface area (Å²) in [6, 6.07) is 6.86. The number of hydrogen-bond acceptors (Lipinski definition) is 3. The fourth-order valence-electron chi connectivity index (χ4n) is 3.75. The Balaban J connectivity index is 1.66. The molecule has 0 atom stereocenters. The highest BCUT2D eigenvalue weighted by atomic mass is 32.2. The molecule has 1 fully saturated rings. The molecule has 1 aliphatic carbocycles. The van der Waals surface area contributed by atoms with Crippen molar-refractivity contribution in [3.05, 3.63) is 65.2 Å². The molecule has 2 aromatic rings. The maximum Gasteiger partial charge on any atom is 0.416 e. The van der Waals surface area contributed by atoms with E-state index in [1.165, 1.54) is 13.8 Å². The molecule has 0 heterocycles. The molecule has 2 aromatic carbocycles. The molecule has 1 aliphatic rings. The minimum Gasteiger partial charge on any atom is -0.349 e. The zero-order valence-corrected chi connectivity index (χ0v) is 18.4. The van der Waals surface area contributed by atoms with Gasteiger partial charge in [-0.15, -0.1) is 0 Å². The Hall–Kier alpha value is -2.56. The molecule has 0 saturated heterocycles. The smallest absolute Gasteiger partial charge is 0.349 e. The summed E-state index contributed by atoms with van der Waals surface area (Å²) in [7, 11) is -4.12. The highest BCUT2D eigenvalue weighted by molar-refractivity contribution is 7.92. The van der Waals surface area contributed by atoms with E-state index < -0.39 is 60.8 Å². The SMILES string of the molecule is CC(C)(C1CC(NC(=O)c2ccc(C(F)(F)F)cc2)C1)S(=O)(=O)c1cccc(C(F)(F)F)c1. The fourth-order valence-corrected chi connectivity index (χ4v) is 5.52. The van der Waals surface area contributed by atoms with Gasteiger partial charge < -0.3 is 5.32 Å². The fraction of sp³-hybridized carbons (Fsp3) is 0.409. The third kappa shape index (κ3) is 5.02. The third-order valence-electron chi connectivity index (χ3n) is 6.10. The second-order valence-electron chi connectivity index (χ2n) is 8.55. The van der Waals surface area contributed by atoms with Crippen LogP contribution >= 0.6 is 0 Å². The first-order chi connectivity index (χ1) is 15.0. The van der Waals surface area contributed by atoms with Crippen LogP contribution in [0.3, 0.4) is 0 Å². The number of halogens is 6. The Bertz CT molecular complexity index is 1130. The Kier molecular flexibility index (Phi) is 6.33. The van der Waals surface area contributed by atoms with E-state index in [9.17, 15) is 39.6 Å². The number of rotatable bonds is 5. The molecule has 0 radical (unpaired) electrons. The predicted molar refractivity (Wildman–Crippen MR) is 108 cm³/mol. The lowest BCUT2D eigenvalue weighted by Crippen LogP contribution is -2.53. The summed E-state index contributed by atoms with van der Waals surface area (Å²) in [5, 5.41) is 2.65. The van der Waals surface area contributed by atoms with Gasteiger partial charge in [0.2, 0.25) is 0 Å². The average molecular weight is 493 g/mol. The average Bonchev–Trinajstić information content (AvgIpc) is 2.68. The monoisotopic (exact) mass is 493 g/mol. The minimum atomic E-state index is -4.68. The quantitative estimate of drug-likeness (QED) is 0.561. The van der Waals surface area contributed by atoms with Gasteiger partial charge in [0, 0.05) is 11.6 Å². The van der Waals surface area contributed by atoms with Crippen LogP contribution in [0.2, 0.25) is 0 Å². The van der Waals surface area contributed by atoms with Crippen molar-refractivity contribution in [3.8, 4) is 0 Å². The van der Waals surface area contributed by atoms with E-state index in [0.717, 1.165) is 42.5 Å². The summed E-state index contributed by atoms with van der Waals surface area (Å²) in [5.41, 5.74) is -1.92. The summed E-state index contributed by atoms with van der Waals surface area (Å²) >= 11 is 0. The van der Waals surface area contributed by atoms with Crippen molar-refractivity contribution in [2.45, 2.75) is 54.7 Å². The molecule has 0 unspecified atom stereocenters. The van der Waals surface area contributed by atoms with Crippen molar-refractivity contribution >= 4 is 15.7 Å². The molecule has 0 aliphatic heterocycles. The van der Waals surface area contributed by atoms with Crippen molar-refractivity contribution in [3.63, 3.8) is 0 Å². The Labute approximate surface area is 186 Å². The molecule has 1 N–H and O–H groups in total. The summed E-state index contributed by atoms with van der Waals surface area (Å²) in [5.74, 6) is -1.03. The molecule has 4 nitrogen and oxygen atoms in total.